The molecule has 1 unspecified atom stereocenters. The summed E-state index contributed by atoms with van der Waals surface area (Å²) >= 11 is 0. The first kappa shape index (κ1) is 12.0. The fourth-order valence-electron chi connectivity index (χ4n) is 1.98. The Hall–Kier alpha value is -1.43. The molecular weight excluding hydrogens is 220 g/mol. The minimum Gasteiger partial charge on any atom is -0.356 e. The van der Waals surface area contributed by atoms with Crippen LogP contribution in [0.4, 0.5) is 0 Å². The van der Waals surface area contributed by atoms with Crippen LogP contribution in [0.5, 0.6) is 0 Å². The number of carbonyl (C=O) groups excluding carboxylic acids is 1. The quantitative estimate of drug-likeness (QED) is 0.765. The number of aromatic nitrogens is 2. The molecule has 2 heterocycles. The van der Waals surface area contributed by atoms with E-state index in [9.17, 15) is 4.79 Å². The van der Waals surface area contributed by atoms with Crippen LogP contribution in [-0.2, 0) is 11.2 Å². The summed E-state index contributed by atoms with van der Waals surface area (Å²) in [6.07, 6.45) is 3.43. The highest BCUT2D eigenvalue weighted by atomic mass is 16.5. The number of nitrogens with zero attached hydrogens (tertiary/aromatic N) is 2. The van der Waals surface area contributed by atoms with E-state index in [4.69, 9.17) is 4.52 Å². The molecule has 1 saturated heterocycles. The highest BCUT2D eigenvalue weighted by molar-refractivity contribution is 5.76. The van der Waals surface area contributed by atoms with E-state index < -0.39 is 0 Å². The molecule has 1 amide bonds. The maximum absolute atomic E-state index is 11.6. The second-order valence-electron chi connectivity index (χ2n) is 4.33. The van der Waals surface area contributed by atoms with Gasteiger partial charge in [-0.3, -0.25) is 4.79 Å². The van der Waals surface area contributed by atoms with Gasteiger partial charge < -0.3 is 15.2 Å². The van der Waals surface area contributed by atoms with Gasteiger partial charge in [-0.15, -0.1) is 0 Å². The van der Waals surface area contributed by atoms with Crippen molar-refractivity contribution in [3.8, 4) is 0 Å². The third-order valence-corrected chi connectivity index (χ3v) is 2.83. The van der Waals surface area contributed by atoms with Crippen molar-refractivity contribution in [2.75, 3.05) is 13.1 Å². The first-order valence-electron chi connectivity index (χ1n) is 6.03. The van der Waals surface area contributed by atoms with Gasteiger partial charge in [0.2, 0.25) is 11.8 Å². The summed E-state index contributed by atoms with van der Waals surface area (Å²) in [5.74, 6) is 1.29. The van der Waals surface area contributed by atoms with Gasteiger partial charge in [-0.25, -0.2) is 0 Å². The summed E-state index contributed by atoms with van der Waals surface area (Å²) in [6, 6.07) is 0.349. The van der Waals surface area contributed by atoms with Gasteiger partial charge in [0, 0.05) is 32.4 Å². The van der Waals surface area contributed by atoms with E-state index in [2.05, 4.69) is 20.8 Å². The number of aryl methyl sites for hydroxylation is 1. The Balaban J connectivity index is 1.62. The summed E-state index contributed by atoms with van der Waals surface area (Å²) in [5, 5.41) is 9.93. The largest absolute Gasteiger partial charge is 0.356 e. The Morgan fingerprint density at radius 2 is 2.53 bits per heavy atom. The highest BCUT2D eigenvalue weighted by Crippen LogP contribution is 2.08. The van der Waals surface area contributed by atoms with Crippen molar-refractivity contribution in [3.63, 3.8) is 0 Å². The molecule has 0 aliphatic carbocycles. The Bertz CT molecular complexity index is 371. The van der Waals surface area contributed by atoms with Crippen LogP contribution in [0.15, 0.2) is 4.52 Å². The fourth-order valence-corrected chi connectivity index (χ4v) is 1.98. The second-order valence-corrected chi connectivity index (χ2v) is 4.33. The number of carbonyl (C=O) groups is 1. The van der Waals surface area contributed by atoms with Gasteiger partial charge in [-0.1, -0.05) is 5.16 Å². The minimum atomic E-state index is 0.0876. The van der Waals surface area contributed by atoms with Crippen LogP contribution in [0.25, 0.3) is 0 Å². The molecule has 2 N–H and O–H groups in total. The molecule has 17 heavy (non-hydrogen) atoms. The van der Waals surface area contributed by atoms with Crippen LogP contribution < -0.4 is 10.6 Å². The molecule has 1 atom stereocenters. The van der Waals surface area contributed by atoms with Crippen LogP contribution in [0, 0.1) is 6.92 Å². The molecule has 1 aromatic rings. The van der Waals surface area contributed by atoms with Crippen LogP contribution in [0.1, 0.15) is 31.0 Å². The normalized spacial score (nSPS) is 19.5. The van der Waals surface area contributed by atoms with Gasteiger partial charge in [0.25, 0.3) is 0 Å². The van der Waals surface area contributed by atoms with Crippen molar-refractivity contribution < 1.29 is 9.32 Å². The third kappa shape index (κ3) is 3.81. The molecule has 0 aromatic carbocycles. The lowest BCUT2D eigenvalue weighted by Crippen LogP contribution is -2.32. The van der Waals surface area contributed by atoms with Crippen molar-refractivity contribution in [2.24, 2.45) is 0 Å². The van der Waals surface area contributed by atoms with Gasteiger partial charge in [-0.2, -0.15) is 4.98 Å². The Kier molecular flexibility index (Phi) is 4.08. The molecule has 0 spiro atoms. The molecule has 0 saturated carbocycles. The van der Waals surface area contributed by atoms with Crippen LogP contribution in [0.3, 0.4) is 0 Å². The molecule has 1 aromatic heterocycles. The fraction of sp³-hybridized carbons (Fsp3) is 0.727. The molecule has 1 aliphatic heterocycles. The van der Waals surface area contributed by atoms with Crippen LogP contribution >= 0.6 is 0 Å². The van der Waals surface area contributed by atoms with E-state index in [-0.39, 0.29) is 5.91 Å². The summed E-state index contributed by atoms with van der Waals surface area (Å²) in [4.78, 5) is 15.6. The van der Waals surface area contributed by atoms with Gasteiger partial charge in [0.15, 0.2) is 5.82 Å². The van der Waals surface area contributed by atoms with Gasteiger partial charge in [-0.05, 0) is 19.4 Å². The van der Waals surface area contributed by atoms with E-state index in [0.29, 0.717) is 37.1 Å². The summed E-state index contributed by atoms with van der Waals surface area (Å²) < 4.78 is 4.85. The Morgan fingerprint density at radius 3 is 3.18 bits per heavy atom. The SMILES string of the molecule is Cc1nc(CCNC(=O)CC2CCCN2)no1. The first-order chi connectivity index (χ1) is 8.24. The Labute approximate surface area is 100 Å². The Morgan fingerprint density at radius 1 is 1.65 bits per heavy atom. The van der Waals surface area contributed by atoms with Crippen molar-refractivity contribution in [1.29, 1.82) is 0 Å². The average molecular weight is 238 g/mol. The molecule has 1 aliphatic rings. The van der Waals surface area contributed by atoms with Gasteiger partial charge in [0.05, 0.1) is 0 Å². The molecule has 2 rings (SSSR count). The van der Waals surface area contributed by atoms with Crippen LogP contribution in [0.2, 0.25) is 0 Å². The molecule has 94 valence electrons. The summed E-state index contributed by atoms with van der Waals surface area (Å²) in [7, 11) is 0. The van der Waals surface area contributed by atoms with Crippen molar-refractivity contribution in [1.82, 2.24) is 20.8 Å². The van der Waals surface area contributed by atoms with E-state index in [1.54, 1.807) is 6.92 Å². The lowest BCUT2D eigenvalue weighted by Gasteiger charge is -2.09. The molecule has 6 nitrogen and oxygen atoms in total. The first-order valence-corrected chi connectivity index (χ1v) is 6.03. The van der Waals surface area contributed by atoms with Crippen molar-refractivity contribution in [2.45, 2.75) is 38.6 Å². The average Bonchev–Trinajstić information content (AvgIpc) is 2.90. The smallest absolute Gasteiger partial charge is 0.223 e. The number of nitrogens with one attached hydrogen (secondary N) is 2. The molecule has 0 bridgehead atoms. The maximum Gasteiger partial charge on any atom is 0.223 e. The molecule has 1 fully saturated rings. The lowest BCUT2D eigenvalue weighted by molar-refractivity contribution is -0.121. The monoisotopic (exact) mass is 238 g/mol. The van der Waals surface area contributed by atoms with E-state index in [0.717, 1.165) is 13.0 Å². The number of amides is 1. The topological polar surface area (TPSA) is 80.0 Å². The van der Waals surface area contributed by atoms with Gasteiger partial charge in [0.1, 0.15) is 0 Å². The predicted molar refractivity (Wildman–Crippen MR) is 61.4 cm³/mol. The third-order valence-electron chi connectivity index (χ3n) is 2.83. The second kappa shape index (κ2) is 5.77. The maximum atomic E-state index is 11.6. The highest BCUT2D eigenvalue weighted by Gasteiger charge is 2.17. The molecule has 0 radical (unpaired) electrons. The minimum absolute atomic E-state index is 0.0876. The zero-order valence-electron chi connectivity index (χ0n) is 10.0. The number of rotatable bonds is 5. The standard InChI is InChI=1S/C11H18N4O2/c1-8-14-10(15-17-8)4-6-13-11(16)7-9-3-2-5-12-9/h9,12H,2-7H2,1H3,(H,13,16). The molecular formula is C11H18N4O2. The van der Waals surface area contributed by atoms with Crippen molar-refractivity contribution in [3.05, 3.63) is 11.7 Å². The van der Waals surface area contributed by atoms with Gasteiger partial charge >= 0.3 is 0 Å². The van der Waals surface area contributed by atoms with Crippen LogP contribution in [-0.4, -0.2) is 35.2 Å². The summed E-state index contributed by atoms with van der Waals surface area (Å²) in [6.45, 7) is 3.34. The van der Waals surface area contributed by atoms with E-state index in [1.165, 1.54) is 6.42 Å². The lowest BCUT2D eigenvalue weighted by atomic mass is 10.1. The summed E-state index contributed by atoms with van der Waals surface area (Å²) in [5.41, 5.74) is 0. The zero-order valence-corrected chi connectivity index (χ0v) is 10.0. The van der Waals surface area contributed by atoms with E-state index in [1.807, 2.05) is 0 Å². The molecule has 6 heteroatoms. The number of hydrogen-bond acceptors (Lipinski definition) is 5. The van der Waals surface area contributed by atoms with Crippen molar-refractivity contribution >= 4 is 5.91 Å². The predicted octanol–water partition coefficient (Wildman–Crippen LogP) is 0.179. The van der Waals surface area contributed by atoms with E-state index >= 15 is 0 Å². The zero-order chi connectivity index (χ0) is 12.1. The number of hydrogen-bond donors (Lipinski definition) is 2.